The normalized spacial score (nSPS) is 9.64. The summed E-state index contributed by atoms with van der Waals surface area (Å²) in [4.78, 5) is 10.8. The van der Waals surface area contributed by atoms with Gasteiger partial charge in [-0.3, -0.25) is 4.79 Å². The van der Waals surface area contributed by atoms with Gasteiger partial charge in [0.15, 0.2) is 5.78 Å². The third-order valence-corrected chi connectivity index (χ3v) is 1.67. The van der Waals surface area contributed by atoms with Gasteiger partial charge in [-0.2, -0.15) is 0 Å². The number of hydrogen-bond acceptors (Lipinski definition) is 2. The molecule has 0 spiro atoms. The minimum atomic E-state index is -0.0861. The van der Waals surface area contributed by atoms with Crippen molar-refractivity contribution in [3.63, 3.8) is 0 Å². The number of phenols is 1. The maximum atomic E-state index is 10.8. The standard InChI is InChI=1S/C8H7ClO2/c1-5(10)6-2-3-7(9)8(11)4-6/h2-4,11H,1H3. The quantitative estimate of drug-likeness (QED) is 0.657. The van der Waals surface area contributed by atoms with Crippen LogP contribution in [-0.4, -0.2) is 10.9 Å². The highest BCUT2D eigenvalue weighted by Crippen LogP contribution is 2.23. The fourth-order valence-electron chi connectivity index (χ4n) is 0.732. The number of halogens is 1. The third-order valence-electron chi connectivity index (χ3n) is 1.35. The highest BCUT2D eigenvalue weighted by molar-refractivity contribution is 6.32. The van der Waals surface area contributed by atoms with E-state index in [2.05, 4.69) is 0 Å². The van der Waals surface area contributed by atoms with Crippen molar-refractivity contribution in [1.82, 2.24) is 0 Å². The van der Waals surface area contributed by atoms with E-state index < -0.39 is 0 Å². The van der Waals surface area contributed by atoms with Gasteiger partial charge in [0.05, 0.1) is 5.02 Å². The molecular formula is C8H7ClO2. The lowest BCUT2D eigenvalue weighted by atomic mass is 10.1. The molecule has 0 bridgehead atoms. The van der Waals surface area contributed by atoms with E-state index in [1.54, 1.807) is 6.07 Å². The minimum absolute atomic E-state index is 0.0561. The molecule has 11 heavy (non-hydrogen) atoms. The molecule has 0 heterocycles. The van der Waals surface area contributed by atoms with Crippen molar-refractivity contribution in [2.75, 3.05) is 0 Å². The van der Waals surface area contributed by atoms with E-state index in [9.17, 15) is 4.79 Å². The van der Waals surface area contributed by atoms with E-state index >= 15 is 0 Å². The van der Waals surface area contributed by atoms with Crippen LogP contribution < -0.4 is 0 Å². The van der Waals surface area contributed by atoms with E-state index in [1.807, 2.05) is 0 Å². The predicted octanol–water partition coefficient (Wildman–Crippen LogP) is 2.25. The van der Waals surface area contributed by atoms with Crippen molar-refractivity contribution in [1.29, 1.82) is 0 Å². The van der Waals surface area contributed by atoms with Crippen LogP contribution in [0.3, 0.4) is 0 Å². The van der Waals surface area contributed by atoms with Crippen molar-refractivity contribution in [2.24, 2.45) is 0 Å². The number of phenolic OH excluding ortho intramolecular Hbond substituents is 1. The molecule has 1 rings (SSSR count). The summed E-state index contributed by atoms with van der Waals surface area (Å²) >= 11 is 5.52. The van der Waals surface area contributed by atoms with Gasteiger partial charge in [-0.1, -0.05) is 11.6 Å². The van der Waals surface area contributed by atoms with Crippen molar-refractivity contribution in [2.45, 2.75) is 6.92 Å². The van der Waals surface area contributed by atoms with E-state index in [1.165, 1.54) is 19.1 Å². The molecule has 0 atom stereocenters. The molecule has 0 unspecified atom stereocenters. The zero-order chi connectivity index (χ0) is 8.43. The number of rotatable bonds is 1. The molecule has 0 saturated heterocycles. The van der Waals surface area contributed by atoms with Gasteiger partial charge in [-0.15, -0.1) is 0 Å². The summed E-state index contributed by atoms with van der Waals surface area (Å²) in [5, 5.41) is 9.32. The smallest absolute Gasteiger partial charge is 0.159 e. The number of hydrogen-bond donors (Lipinski definition) is 1. The van der Waals surface area contributed by atoms with Gasteiger partial charge in [0, 0.05) is 5.56 Å². The number of Topliss-reactive ketones (excluding diaryl/α,β-unsaturated/α-hetero) is 1. The maximum absolute atomic E-state index is 10.8. The Morgan fingerprint density at radius 3 is 2.64 bits per heavy atom. The molecule has 0 aliphatic carbocycles. The number of aromatic hydroxyl groups is 1. The van der Waals surface area contributed by atoms with E-state index in [-0.39, 0.29) is 16.6 Å². The zero-order valence-electron chi connectivity index (χ0n) is 5.97. The summed E-state index contributed by atoms with van der Waals surface area (Å²) in [5.74, 6) is -0.142. The van der Waals surface area contributed by atoms with E-state index in [0.29, 0.717) is 5.56 Å². The van der Waals surface area contributed by atoms with Crippen LogP contribution in [0.15, 0.2) is 18.2 Å². The average molecular weight is 171 g/mol. The fraction of sp³-hybridized carbons (Fsp3) is 0.125. The molecular weight excluding hydrogens is 164 g/mol. The van der Waals surface area contributed by atoms with Crippen LogP contribution in [0.2, 0.25) is 5.02 Å². The summed E-state index contributed by atoms with van der Waals surface area (Å²) in [6.07, 6.45) is 0. The Balaban J connectivity index is 3.15. The molecule has 0 fully saturated rings. The summed E-state index contributed by atoms with van der Waals surface area (Å²) in [6, 6.07) is 4.42. The monoisotopic (exact) mass is 170 g/mol. The van der Waals surface area contributed by atoms with Crippen LogP contribution in [-0.2, 0) is 0 Å². The number of carbonyl (C=O) groups excluding carboxylic acids is 1. The molecule has 0 aliphatic heterocycles. The van der Waals surface area contributed by atoms with Gasteiger partial charge in [0.1, 0.15) is 5.75 Å². The molecule has 1 aromatic carbocycles. The maximum Gasteiger partial charge on any atom is 0.159 e. The second kappa shape index (κ2) is 2.93. The molecule has 0 aliphatic rings. The molecule has 2 nitrogen and oxygen atoms in total. The summed E-state index contributed by atoms with van der Waals surface area (Å²) < 4.78 is 0. The van der Waals surface area contributed by atoms with Crippen molar-refractivity contribution >= 4 is 17.4 Å². The summed E-state index contributed by atoms with van der Waals surface area (Å²) in [5.41, 5.74) is 0.465. The number of benzene rings is 1. The lowest BCUT2D eigenvalue weighted by molar-refractivity contribution is 0.101. The van der Waals surface area contributed by atoms with Crippen LogP contribution in [0.4, 0.5) is 0 Å². The Labute approximate surface area is 69.4 Å². The summed E-state index contributed by atoms with van der Waals surface area (Å²) in [7, 11) is 0. The van der Waals surface area contributed by atoms with Gasteiger partial charge in [-0.05, 0) is 25.1 Å². The second-order valence-corrected chi connectivity index (χ2v) is 2.63. The van der Waals surface area contributed by atoms with Gasteiger partial charge in [0.25, 0.3) is 0 Å². The number of ketones is 1. The van der Waals surface area contributed by atoms with Crippen molar-refractivity contribution in [3.8, 4) is 5.75 Å². The molecule has 1 aromatic rings. The fourth-order valence-corrected chi connectivity index (χ4v) is 0.849. The third kappa shape index (κ3) is 1.71. The Morgan fingerprint density at radius 2 is 2.18 bits per heavy atom. The Hall–Kier alpha value is -1.02. The van der Waals surface area contributed by atoms with Crippen molar-refractivity contribution in [3.05, 3.63) is 28.8 Å². The SMILES string of the molecule is CC(=O)c1ccc(Cl)c(O)c1. The van der Waals surface area contributed by atoms with Crippen molar-refractivity contribution < 1.29 is 9.90 Å². The second-order valence-electron chi connectivity index (χ2n) is 2.22. The molecule has 1 N–H and O–H groups in total. The van der Waals surface area contributed by atoms with Gasteiger partial charge in [0.2, 0.25) is 0 Å². The first kappa shape index (κ1) is 8.08. The molecule has 0 radical (unpaired) electrons. The van der Waals surface area contributed by atoms with E-state index in [4.69, 9.17) is 16.7 Å². The van der Waals surface area contributed by atoms with Gasteiger partial charge >= 0.3 is 0 Å². The van der Waals surface area contributed by atoms with Crippen LogP contribution in [0, 0.1) is 0 Å². The molecule has 3 heteroatoms. The minimum Gasteiger partial charge on any atom is -0.506 e. The predicted molar refractivity (Wildman–Crippen MR) is 43.1 cm³/mol. The van der Waals surface area contributed by atoms with Gasteiger partial charge < -0.3 is 5.11 Å². The molecule has 58 valence electrons. The van der Waals surface area contributed by atoms with Crippen LogP contribution in [0.5, 0.6) is 5.75 Å². The van der Waals surface area contributed by atoms with Gasteiger partial charge in [-0.25, -0.2) is 0 Å². The first-order valence-corrected chi connectivity index (χ1v) is 3.48. The van der Waals surface area contributed by atoms with E-state index in [0.717, 1.165) is 0 Å². The Bertz CT molecular complexity index is 294. The molecule has 0 amide bonds. The first-order valence-electron chi connectivity index (χ1n) is 3.10. The topological polar surface area (TPSA) is 37.3 Å². The van der Waals surface area contributed by atoms with Crippen LogP contribution >= 0.6 is 11.6 Å². The Morgan fingerprint density at radius 1 is 1.55 bits per heavy atom. The zero-order valence-corrected chi connectivity index (χ0v) is 6.72. The highest BCUT2D eigenvalue weighted by Gasteiger charge is 2.02. The summed E-state index contributed by atoms with van der Waals surface area (Å²) in [6.45, 7) is 1.43. The number of carbonyl (C=O) groups is 1. The first-order chi connectivity index (χ1) is 5.11. The lowest BCUT2D eigenvalue weighted by Crippen LogP contribution is -1.90. The lowest BCUT2D eigenvalue weighted by Gasteiger charge is -1.97. The Kier molecular flexibility index (Phi) is 2.15. The largest absolute Gasteiger partial charge is 0.506 e. The van der Waals surface area contributed by atoms with Crippen LogP contribution in [0.1, 0.15) is 17.3 Å². The molecule has 0 saturated carbocycles. The van der Waals surface area contributed by atoms with Crippen LogP contribution in [0.25, 0.3) is 0 Å². The average Bonchev–Trinajstić information content (AvgIpc) is 1.94. The highest BCUT2D eigenvalue weighted by atomic mass is 35.5. The molecule has 0 aromatic heterocycles.